The second kappa shape index (κ2) is 4.03. The van der Waals surface area contributed by atoms with Gasteiger partial charge in [-0.15, -0.1) is 0 Å². The third kappa shape index (κ3) is 2.64. The van der Waals surface area contributed by atoms with Gasteiger partial charge < -0.3 is 0 Å². The van der Waals surface area contributed by atoms with E-state index < -0.39 is 30.4 Å². The predicted molar refractivity (Wildman–Crippen MR) is 53.8 cm³/mol. The minimum Gasteiger partial charge on any atom is -0.258 e. The van der Waals surface area contributed by atoms with Crippen LogP contribution in [-0.2, 0) is 9.05 Å². The van der Waals surface area contributed by atoms with Gasteiger partial charge in [-0.1, -0.05) is 0 Å². The average molecular weight is 319 g/mol. The molecule has 0 N–H and O–H groups in total. The monoisotopic (exact) mass is 317 g/mol. The minimum atomic E-state index is -4.28. The molecule has 15 heavy (non-hydrogen) atoms. The van der Waals surface area contributed by atoms with Gasteiger partial charge in [0.15, 0.2) is 4.90 Å². The zero-order valence-corrected chi connectivity index (χ0v) is 9.94. The molecule has 9 heteroatoms. The lowest BCUT2D eigenvalue weighted by atomic mass is 10.3. The second-order valence-corrected chi connectivity index (χ2v) is 5.82. The van der Waals surface area contributed by atoms with Crippen LogP contribution in [0.5, 0.6) is 0 Å². The molecule has 0 fully saturated rings. The quantitative estimate of drug-likeness (QED) is 0.476. The van der Waals surface area contributed by atoms with Crippen LogP contribution in [0.3, 0.4) is 0 Å². The van der Waals surface area contributed by atoms with Gasteiger partial charge in [-0.2, -0.15) is 0 Å². The van der Waals surface area contributed by atoms with E-state index in [4.69, 9.17) is 10.7 Å². The third-order valence-corrected chi connectivity index (χ3v) is 3.42. The molecule has 0 bridgehead atoms. The van der Waals surface area contributed by atoms with Crippen LogP contribution in [0.15, 0.2) is 21.5 Å². The van der Waals surface area contributed by atoms with Crippen molar-refractivity contribution in [3.05, 3.63) is 32.5 Å². The summed E-state index contributed by atoms with van der Waals surface area (Å²) in [4.78, 5) is 8.66. The Labute approximate surface area is 96.5 Å². The predicted octanol–water partition coefficient (Wildman–Crippen LogP) is 2.42. The van der Waals surface area contributed by atoms with Gasteiger partial charge >= 0.3 is 0 Å². The highest BCUT2D eigenvalue weighted by molar-refractivity contribution is 9.10. The lowest BCUT2D eigenvalue weighted by molar-refractivity contribution is -0.388. The van der Waals surface area contributed by atoms with E-state index in [1.165, 1.54) is 0 Å². The summed E-state index contributed by atoms with van der Waals surface area (Å²) in [7, 11) is 0.673. The molecule has 1 aromatic rings. The van der Waals surface area contributed by atoms with Crippen molar-refractivity contribution in [1.82, 2.24) is 0 Å². The summed E-state index contributed by atoms with van der Waals surface area (Å²) in [6.07, 6.45) is 0. The lowest BCUT2D eigenvalue weighted by Gasteiger charge is -2.00. The fourth-order valence-corrected chi connectivity index (χ4v) is 2.36. The van der Waals surface area contributed by atoms with Gasteiger partial charge in [-0.05, 0) is 22.0 Å². The van der Waals surface area contributed by atoms with Crippen molar-refractivity contribution in [2.24, 2.45) is 0 Å². The third-order valence-electron chi connectivity index (χ3n) is 1.46. The Balaban J connectivity index is 3.64. The molecule has 0 aromatic heterocycles. The Morgan fingerprint density at radius 1 is 1.47 bits per heavy atom. The first kappa shape index (κ1) is 12.3. The van der Waals surface area contributed by atoms with Gasteiger partial charge in [-0.3, -0.25) is 10.1 Å². The van der Waals surface area contributed by atoms with Crippen molar-refractivity contribution in [3.8, 4) is 0 Å². The van der Waals surface area contributed by atoms with Gasteiger partial charge in [0.05, 0.1) is 15.5 Å². The van der Waals surface area contributed by atoms with E-state index in [1.807, 2.05) is 0 Å². The molecule has 0 radical (unpaired) electrons. The maximum atomic E-state index is 12.9. The maximum Gasteiger partial charge on any atom is 0.292 e. The van der Waals surface area contributed by atoms with Crippen LogP contribution in [-0.4, -0.2) is 13.3 Å². The summed E-state index contributed by atoms with van der Waals surface area (Å²) in [5.74, 6) is -0.939. The van der Waals surface area contributed by atoms with E-state index in [-0.39, 0.29) is 4.47 Å². The van der Waals surface area contributed by atoms with Crippen molar-refractivity contribution in [2.75, 3.05) is 0 Å². The molecule has 0 saturated heterocycles. The molecule has 0 spiro atoms. The smallest absolute Gasteiger partial charge is 0.258 e. The molecular formula is C6H2BrClFNO4S. The summed E-state index contributed by atoms with van der Waals surface area (Å²) in [6, 6.07) is 1.23. The van der Waals surface area contributed by atoms with Crippen LogP contribution >= 0.6 is 26.6 Å². The number of benzene rings is 1. The molecule has 0 aliphatic carbocycles. The summed E-state index contributed by atoms with van der Waals surface area (Å²) in [5, 5.41) is 10.4. The molecule has 0 atom stereocenters. The van der Waals surface area contributed by atoms with E-state index in [0.29, 0.717) is 6.07 Å². The summed E-state index contributed by atoms with van der Waals surface area (Å²) >= 11 is 2.70. The van der Waals surface area contributed by atoms with Crippen molar-refractivity contribution < 1.29 is 17.7 Å². The zero-order chi connectivity index (χ0) is 11.8. The van der Waals surface area contributed by atoms with Crippen LogP contribution < -0.4 is 0 Å². The van der Waals surface area contributed by atoms with Gasteiger partial charge in [0.25, 0.3) is 14.7 Å². The Morgan fingerprint density at radius 2 is 2.00 bits per heavy atom. The number of halogens is 3. The maximum absolute atomic E-state index is 12.9. The first-order valence-electron chi connectivity index (χ1n) is 3.31. The highest BCUT2D eigenvalue weighted by Crippen LogP contribution is 2.31. The topological polar surface area (TPSA) is 77.3 Å². The number of hydrogen-bond acceptors (Lipinski definition) is 4. The SMILES string of the molecule is O=[N+]([O-])c1cc(F)c(Br)cc1S(=O)(=O)Cl. The Bertz CT molecular complexity index is 532. The van der Waals surface area contributed by atoms with Crippen molar-refractivity contribution in [2.45, 2.75) is 4.90 Å². The number of hydrogen-bond donors (Lipinski definition) is 0. The Kier molecular flexibility index (Phi) is 3.31. The number of rotatable bonds is 2. The molecule has 0 heterocycles. The van der Waals surface area contributed by atoms with E-state index in [0.717, 1.165) is 6.07 Å². The van der Waals surface area contributed by atoms with Crippen LogP contribution in [0.25, 0.3) is 0 Å². The molecule has 1 rings (SSSR count). The van der Waals surface area contributed by atoms with Crippen molar-refractivity contribution in [1.29, 1.82) is 0 Å². The van der Waals surface area contributed by atoms with Crippen LogP contribution in [0.1, 0.15) is 0 Å². The molecule has 0 aliphatic heterocycles. The summed E-state index contributed by atoms with van der Waals surface area (Å²) < 4.78 is 34.6. The van der Waals surface area contributed by atoms with E-state index >= 15 is 0 Å². The Morgan fingerprint density at radius 3 is 2.40 bits per heavy atom. The summed E-state index contributed by atoms with van der Waals surface area (Å²) in [6.45, 7) is 0. The second-order valence-electron chi connectivity index (χ2n) is 2.43. The van der Waals surface area contributed by atoms with Crippen LogP contribution in [0.2, 0.25) is 0 Å². The zero-order valence-electron chi connectivity index (χ0n) is 6.78. The van der Waals surface area contributed by atoms with Gasteiger partial charge in [0.1, 0.15) is 5.82 Å². The Hall–Kier alpha value is -0.730. The van der Waals surface area contributed by atoms with Gasteiger partial charge in [0, 0.05) is 10.7 Å². The fraction of sp³-hybridized carbons (Fsp3) is 0. The van der Waals surface area contributed by atoms with Crippen molar-refractivity contribution >= 4 is 41.4 Å². The largest absolute Gasteiger partial charge is 0.292 e. The normalized spacial score (nSPS) is 11.4. The lowest BCUT2D eigenvalue weighted by Crippen LogP contribution is -2.00. The molecule has 5 nitrogen and oxygen atoms in total. The van der Waals surface area contributed by atoms with Crippen LogP contribution in [0, 0.1) is 15.9 Å². The molecule has 0 saturated carbocycles. The molecule has 0 amide bonds. The molecular weight excluding hydrogens is 316 g/mol. The minimum absolute atomic E-state index is 0.215. The fourth-order valence-electron chi connectivity index (χ4n) is 0.856. The average Bonchev–Trinajstić information content (AvgIpc) is 2.06. The standard InChI is InChI=1S/C6H2BrClFNO4S/c7-3-1-6(15(8,13)14)5(10(11)12)2-4(3)9/h1-2H. The first-order valence-corrected chi connectivity index (χ1v) is 6.42. The first-order chi connectivity index (χ1) is 6.73. The van der Waals surface area contributed by atoms with Gasteiger partial charge in [-0.25, -0.2) is 12.8 Å². The number of nitrogens with zero attached hydrogens (tertiary/aromatic N) is 1. The molecule has 1 aromatic carbocycles. The molecule has 82 valence electrons. The summed E-state index contributed by atoms with van der Waals surface area (Å²) in [5.41, 5.74) is -0.897. The molecule has 0 aliphatic rings. The number of nitro benzene ring substituents is 1. The highest BCUT2D eigenvalue weighted by atomic mass is 79.9. The van der Waals surface area contributed by atoms with E-state index in [1.54, 1.807) is 0 Å². The highest BCUT2D eigenvalue weighted by Gasteiger charge is 2.26. The van der Waals surface area contributed by atoms with Crippen LogP contribution in [0.4, 0.5) is 10.1 Å². The van der Waals surface area contributed by atoms with E-state index in [2.05, 4.69) is 15.9 Å². The van der Waals surface area contributed by atoms with Gasteiger partial charge in [0.2, 0.25) is 0 Å². The molecule has 0 unspecified atom stereocenters. The van der Waals surface area contributed by atoms with E-state index in [9.17, 15) is 22.9 Å². The van der Waals surface area contributed by atoms with Crippen molar-refractivity contribution in [3.63, 3.8) is 0 Å². The number of nitro groups is 1.